The van der Waals surface area contributed by atoms with Crippen LogP contribution >= 0.6 is 11.6 Å². The van der Waals surface area contributed by atoms with Crippen LogP contribution < -0.4 is 10.2 Å². The topological polar surface area (TPSA) is 61.8 Å². The summed E-state index contributed by atoms with van der Waals surface area (Å²) in [5, 5.41) is 12.6. The van der Waals surface area contributed by atoms with Crippen LogP contribution in [-0.2, 0) is 11.2 Å². The molecule has 0 bridgehead atoms. The number of nitrogens with one attached hydrogen (secondary N) is 1. The highest BCUT2D eigenvalue weighted by molar-refractivity contribution is 6.33. The Hall–Kier alpha value is -2.24. The zero-order valence-electron chi connectivity index (χ0n) is 16.2. The Balaban J connectivity index is 1.63. The van der Waals surface area contributed by atoms with Crippen LogP contribution in [0.25, 0.3) is 11.1 Å². The second kappa shape index (κ2) is 7.30. The maximum atomic E-state index is 11.2. The van der Waals surface area contributed by atoms with Crippen LogP contribution in [0.2, 0.25) is 5.02 Å². The zero-order chi connectivity index (χ0) is 19.9. The van der Waals surface area contributed by atoms with E-state index in [1.807, 2.05) is 12.1 Å². The van der Waals surface area contributed by atoms with Crippen LogP contribution in [0.15, 0.2) is 36.4 Å². The van der Waals surface area contributed by atoms with E-state index in [-0.39, 0.29) is 11.5 Å². The predicted molar refractivity (Wildman–Crippen MR) is 111 cm³/mol. The summed E-state index contributed by atoms with van der Waals surface area (Å²) in [5.74, 6) is 0. The van der Waals surface area contributed by atoms with Gasteiger partial charge in [-0.05, 0) is 46.2 Å². The Morgan fingerprint density at radius 2 is 1.86 bits per heavy atom. The molecule has 2 aliphatic rings. The number of nitrogens with zero attached hydrogens (tertiary/aromatic N) is 1. The number of benzene rings is 2. The van der Waals surface area contributed by atoms with Crippen molar-refractivity contribution in [2.24, 2.45) is 5.41 Å². The third kappa shape index (κ3) is 3.56. The molecule has 0 saturated carbocycles. The minimum absolute atomic E-state index is 0.156. The molecule has 1 fully saturated rings. The van der Waals surface area contributed by atoms with Crippen molar-refractivity contribution in [3.63, 3.8) is 0 Å². The summed E-state index contributed by atoms with van der Waals surface area (Å²) in [5.41, 5.74) is 5.30. The van der Waals surface area contributed by atoms with Crippen molar-refractivity contribution in [1.82, 2.24) is 5.32 Å². The van der Waals surface area contributed by atoms with Gasteiger partial charge in [0.05, 0.1) is 30.0 Å². The van der Waals surface area contributed by atoms with E-state index in [1.54, 1.807) is 0 Å². The zero-order valence-corrected chi connectivity index (χ0v) is 16.9. The van der Waals surface area contributed by atoms with Crippen molar-refractivity contribution in [2.45, 2.75) is 26.3 Å². The van der Waals surface area contributed by atoms with Crippen molar-refractivity contribution in [1.29, 1.82) is 0 Å². The van der Waals surface area contributed by atoms with Gasteiger partial charge >= 0.3 is 6.09 Å². The number of morpholine rings is 1. The molecule has 0 spiro atoms. The Morgan fingerprint density at radius 1 is 1.18 bits per heavy atom. The van der Waals surface area contributed by atoms with Gasteiger partial charge in [0, 0.05) is 13.1 Å². The number of carboxylic acid groups (broad SMARTS) is 1. The van der Waals surface area contributed by atoms with E-state index in [4.69, 9.17) is 16.3 Å². The number of rotatable bonds is 3. The normalized spacial score (nSPS) is 20.7. The summed E-state index contributed by atoms with van der Waals surface area (Å²) >= 11 is 6.60. The van der Waals surface area contributed by atoms with Crippen molar-refractivity contribution >= 4 is 23.4 Å². The Labute approximate surface area is 170 Å². The molecule has 1 aliphatic carbocycles. The molecule has 2 aromatic rings. The number of ether oxygens (including phenoxy) is 1. The van der Waals surface area contributed by atoms with Gasteiger partial charge in [-0.2, -0.15) is 0 Å². The highest BCUT2D eigenvalue weighted by Gasteiger charge is 2.40. The Kier molecular flexibility index (Phi) is 4.98. The lowest BCUT2D eigenvalue weighted by molar-refractivity contribution is 0.122. The van der Waals surface area contributed by atoms with E-state index < -0.39 is 6.09 Å². The summed E-state index contributed by atoms with van der Waals surface area (Å²) in [6.07, 6.45) is -0.152. The molecule has 1 unspecified atom stereocenters. The molecule has 4 rings (SSSR count). The maximum Gasteiger partial charge on any atom is 0.405 e. The molecule has 1 aliphatic heterocycles. The van der Waals surface area contributed by atoms with Crippen molar-refractivity contribution < 1.29 is 14.6 Å². The van der Waals surface area contributed by atoms with Gasteiger partial charge in [0.15, 0.2) is 0 Å². The molecule has 0 aromatic heterocycles. The van der Waals surface area contributed by atoms with Crippen LogP contribution in [0.5, 0.6) is 0 Å². The lowest BCUT2D eigenvalue weighted by Crippen LogP contribution is -2.36. The number of amides is 1. The second-order valence-corrected chi connectivity index (χ2v) is 8.63. The average molecular weight is 401 g/mol. The van der Waals surface area contributed by atoms with Crippen LogP contribution in [0.4, 0.5) is 10.5 Å². The lowest BCUT2D eigenvalue weighted by atomic mass is 9.85. The molecular formula is C22H25ClN2O3. The molecule has 2 aromatic carbocycles. The molecule has 1 saturated heterocycles. The van der Waals surface area contributed by atoms with Gasteiger partial charge in [0.1, 0.15) is 0 Å². The quantitative estimate of drug-likeness (QED) is 0.781. The van der Waals surface area contributed by atoms with Gasteiger partial charge in [-0.1, -0.05) is 49.7 Å². The van der Waals surface area contributed by atoms with Gasteiger partial charge in [0.2, 0.25) is 0 Å². The van der Waals surface area contributed by atoms with Gasteiger partial charge in [0.25, 0.3) is 0 Å². The number of anilines is 1. The molecule has 2 N–H and O–H groups in total. The first-order valence-corrected chi connectivity index (χ1v) is 9.98. The van der Waals surface area contributed by atoms with E-state index in [2.05, 4.69) is 48.3 Å². The molecule has 6 heteroatoms. The molecule has 28 heavy (non-hydrogen) atoms. The minimum atomic E-state index is -0.986. The lowest BCUT2D eigenvalue weighted by Gasteiger charge is -2.29. The number of halogens is 1. The van der Waals surface area contributed by atoms with E-state index in [0.29, 0.717) is 0 Å². The standard InChI is InChI=1S/C22H25ClN2O3/c1-22(2)13-16-11-14(3-5-17(16)20(22)24-21(26)27)15-4-6-19(18(23)12-15)25-7-9-28-10-8-25/h3-6,11-12,20,24H,7-10,13H2,1-2H3,(H,26,27). The van der Waals surface area contributed by atoms with Crippen molar-refractivity contribution in [3.05, 3.63) is 52.5 Å². The summed E-state index contributed by atoms with van der Waals surface area (Å²) in [6.45, 7) is 7.35. The number of carbonyl (C=O) groups is 1. The number of fused-ring (bicyclic) bond motifs is 1. The molecule has 5 nitrogen and oxygen atoms in total. The largest absolute Gasteiger partial charge is 0.465 e. The molecule has 148 valence electrons. The van der Waals surface area contributed by atoms with E-state index in [1.165, 1.54) is 5.56 Å². The first-order valence-electron chi connectivity index (χ1n) is 9.60. The number of hydrogen-bond donors (Lipinski definition) is 2. The van der Waals surface area contributed by atoms with Gasteiger partial charge in [-0.3, -0.25) is 0 Å². The first-order chi connectivity index (χ1) is 13.3. The number of hydrogen-bond acceptors (Lipinski definition) is 3. The summed E-state index contributed by atoms with van der Waals surface area (Å²) < 4.78 is 5.42. The predicted octanol–water partition coefficient (Wildman–Crippen LogP) is 4.73. The maximum absolute atomic E-state index is 11.2. The smallest absolute Gasteiger partial charge is 0.405 e. The van der Waals surface area contributed by atoms with E-state index >= 15 is 0 Å². The van der Waals surface area contributed by atoms with E-state index in [0.717, 1.165) is 60.1 Å². The van der Waals surface area contributed by atoms with Crippen LogP contribution in [0.1, 0.15) is 31.0 Å². The molecular weight excluding hydrogens is 376 g/mol. The van der Waals surface area contributed by atoms with Crippen molar-refractivity contribution in [2.75, 3.05) is 31.2 Å². The van der Waals surface area contributed by atoms with Crippen LogP contribution in [-0.4, -0.2) is 37.5 Å². The highest BCUT2D eigenvalue weighted by atomic mass is 35.5. The second-order valence-electron chi connectivity index (χ2n) is 8.23. The Morgan fingerprint density at radius 3 is 2.54 bits per heavy atom. The fraction of sp³-hybridized carbons (Fsp3) is 0.409. The fourth-order valence-electron chi connectivity index (χ4n) is 4.38. The molecule has 1 atom stereocenters. The van der Waals surface area contributed by atoms with Crippen molar-refractivity contribution in [3.8, 4) is 11.1 Å². The fourth-order valence-corrected chi connectivity index (χ4v) is 4.68. The van der Waals surface area contributed by atoms with Crippen LogP contribution in [0, 0.1) is 5.41 Å². The summed E-state index contributed by atoms with van der Waals surface area (Å²) in [4.78, 5) is 13.5. The van der Waals surface area contributed by atoms with Gasteiger partial charge < -0.3 is 20.1 Å². The summed E-state index contributed by atoms with van der Waals surface area (Å²) in [7, 11) is 0. The average Bonchev–Trinajstić information content (AvgIpc) is 2.91. The third-order valence-corrected chi connectivity index (χ3v) is 6.08. The Bertz CT molecular complexity index is 907. The SMILES string of the molecule is CC1(C)Cc2cc(-c3ccc(N4CCOCC4)c(Cl)c3)ccc2C1NC(=O)O. The molecule has 0 radical (unpaired) electrons. The van der Waals surface area contributed by atoms with Gasteiger partial charge in [-0.15, -0.1) is 0 Å². The monoisotopic (exact) mass is 400 g/mol. The molecule has 1 heterocycles. The first kappa shape index (κ1) is 19.1. The van der Waals surface area contributed by atoms with Crippen LogP contribution in [0.3, 0.4) is 0 Å². The summed E-state index contributed by atoms with van der Waals surface area (Å²) in [6, 6.07) is 12.3. The minimum Gasteiger partial charge on any atom is -0.465 e. The molecule has 1 amide bonds. The highest BCUT2D eigenvalue weighted by Crippen LogP contribution is 2.46. The third-order valence-electron chi connectivity index (χ3n) is 5.78. The van der Waals surface area contributed by atoms with Gasteiger partial charge in [-0.25, -0.2) is 4.79 Å². The van der Waals surface area contributed by atoms with E-state index in [9.17, 15) is 9.90 Å².